The zero-order valence-corrected chi connectivity index (χ0v) is 23.2. The van der Waals surface area contributed by atoms with Crippen molar-refractivity contribution >= 4 is 68.1 Å². The van der Waals surface area contributed by atoms with Crippen molar-refractivity contribution in [2.45, 2.75) is 6.92 Å². The van der Waals surface area contributed by atoms with Gasteiger partial charge in [0, 0.05) is 11.4 Å². The minimum atomic E-state index is -0.555. The molecule has 4 rings (SSSR count). The standard InChI is InChI=1S/C28H24BrN3O6S/c1-2-37-21-11-9-20(10-12-21)30-25(33)16-32-27(35)24(39-28(32)36)15-18-8-13-23(22(29)14-18)38-17-26(34)31-19-6-4-3-5-7-19/h3-15H,2,16-17H2,1H3,(H,30,33)(H,31,34)/b24-15+. The van der Waals surface area contributed by atoms with E-state index in [4.69, 9.17) is 9.47 Å². The van der Waals surface area contributed by atoms with E-state index in [-0.39, 0.29) is 17.4 Å². The number of carbonyl (C=O) groups is 4. The van der Waals surface area contributed by atoms with Crippen LogP contribution < -0.4 is 20.1 Å². The third kappa shape index (κ3) is 7.71. The Bertz CT molecular complexity index is 1410. The molecule has 1 saturated heterocycles. The second-order valence-corrected chi connectivity index (χ2v) is 10.0. The summed E-state index contributed by atoms with van der Waals surface area (Å²) in [5.74, 6) is -0.248. The third-order valence-electron chi connectivity index (χ3n) is 5.29. The number of nitrogens with one attached hydrogen (secondary N) is 2. The summed E-state index contributed by atoms with van der Waals surface area (Å²) in [6.07, 6.45) is 1.56. The van der Waals surface area contributed by atoms with E-state index in [1.807, 2.05) is 25.1 Å². The van der Waals surface area contributed by atoms with E-state index in [1.54, 1.807) is 60.7 Å². The van der Waals surface area contributed by atoms with Gasteiger partial charge in [0.2, 0.25) is 5.91 Å². The minimum absolute atomic E-state index is 0.190. The van der Waals surface area contributed by atoms with E-state index >= 15 is 0 Å². The Balaban J connectivity index is 1.33. The molecule has 0 saturated carbocycles. The summed E-state index contributed by atoms with van der Waals surface area (Å²) in [5.41, 5.74) is 1.83. The lowest BCUT2D eigenvalue weighted by Crippen LogP contribution is -2.36. The van der Waals surface area contributed by atoms with Crippen LogP contribution in [-0.4, -0.2) is 47.6 Å². The maximum absolute atomic E-state index is 12.8. The van der Waals surface area contributed by atoms with Gasteiger partial charge in [0.1, 0.15) is 18.0 Å². The number of benzene rings is 3. The lowest BCUT2D eigenvalue weighted by Gasteiger charge is -2.13. The second-order valence-electron chi connectivity index (χ2n) is 8.17. The number of anilines is 2. The van der Waals surface area contributed by atoms with E-state index in [0.29, 0.717) is 39.5 Å². The van der Waals surface area contributed by atoms with Gasteiger partial charge in [-0.05, 0) is 94.8 Å². The Labute approximate surface area is 237 Å². The van der Waals surface area contributed by atoms with Gasteiger partial charge in [-0.3, -0.25) is 24.1 Å². The summed E-state index contributed by atoms with van der Waals surface area (Å²) in [6.45, 7) is 1.81. The lowest BCUT2D eigenvalue weighted by atomic mass is 10.2. The molecule has 3 aromatic rings. The molecule has 0 spiro atoms. The first-order valence-corrected chi connectivity index (χ1v) is 13.5. The number of rotatable bonds is 10. The number of nitrogens with zero attached hydrogens (tertiary/aromatic N) is 1. The van der Waals surface area contributed by atoms with E-state index in [0.717, 1.165) is 16.7 Å². The highest BCUT2D eigenvalue weighted by Gasteiger charge is 2.36. The predicted molar refractivity (Wildman–Crippen MR) is 154 cm³/mol. The Morgan fingerprint density at radius 1 is 0.923 bits per heavy atom. The Hall–Kier alpha value is -4.09. The molecule has 39 heavy (non-hydrogen) atoms. The summed E-state index contributed by atoms with van der Waals surface area (Å²) >= 11 is 4.17. The number of halogens is 1. The monoisotopic (exact) mass is 609 g/mol. The van der Waals surface area contributed by atoms with Gasteiger partial charge in [-0.2, -0.15) is 0 Å². The molecule has 1 fully saturated rings. The SMILES string of the molecule is CCOc1ccc(NC(=O)CN2C(=O)S/C(=C/c3ccc(OCC(=O)Nc4ccccc4)c(Br)c3)C2=O)cc1. The second kappa shape index (κ2) is 13.1. The van der Waals surface area contributed by atoms with Crippen molar-refractivity contribution in [3.63, 3.8) is 0 Å². The number of hydrogen-bond donors (Lipinski definition) is 2. The van der Waals surface area contributed by atoms with Crippen molar-refractivity contribution in [1.82, 2.24) is 4.90 Å². The zero-order chi connectivity index (χ0) is 27.8. The molecule has 0 aliphatic carbocycles. The van der Waals surface area contributed by atoms with Gasteiger partial charge >= 0.3 is 0 Å². The fourth-order valence-electron chi connectivity index (χ4n) is 3.52. The smallest absolute Gasteiger partial charge is 0.294 e. The molecule has 11 heteroatoms. The highest BCUT2D eigenvalue weighted by molar-refractivity contribution is 9.10. The third-order valence-corrected chi connectivity index (χ3v) is 6.82. The van der Waals surface area contributed by atoms with Gasteiger partial charge in [-0.25, -0.2) is 0 Å². The average molecular weight is 610 g/mol. The van der Waals surface area contributed by atoms with E-state index in [1.165, 1.54) is 0 Å². The highest BCUT2D eigenvalue weighted by Crippen LogP contribution is 2.34. The molecule has 3 aromatic carbocycles. The predicted octanol–water partition coefficient (Wildman–Crippen LogP) is 5.54. The van der Waals surface area contributed by atoms with Crippen LogP contribution in [0.3, 0.4) is 0 Å². The number of hydrogen-bond acceptors (Lipinski definition) is 7. The maximum atomic E-state index is 12.8. The van der Waals surface area contributed by atoms with Gasteiger partial charge in [0.15, 0.2) is 6.61 Å². The lowest BCUT2D eigenvalue weighted by molar-refractivity contribution is -0.127. The summed E-state index contributed by atoms with van der Waals surface area (Å²) in [4.78, 5) is 51.0. The van der Waals surface area contributed by atoms with Gasteiger partial charge in [0.25, 0.3) is 17.1 Å². The van der Waals surface area contributed by atoms with Crippen LogP contribution in [0.5, 0.6) is 11.5 Å². The fraction of sp³-hybridized carbons (Fsp3) is 0.143. The molecule has 9 nitrogen and oxygen atoms in total. The molecule has 0 bridgehead atoms. The van der Waals surface area contributed by atoms with E-state index in [2.05, 4.69) is 26.6 Å². The van der Waals surface area contributed by atoms with Crippen LogP contribution in [0.15, 0.2) is 82.2 Å². The molecule has 0 atom stereocenters. The van der Waals surface area contributed by atoms with Crippen molar-refractivity contribution in [2.75, 3.05) is 30.4 Å². The Morgan fingerprint density at radius 2 is 1.62 bits per heavy atom. The first kappa shape index (κ1) is 27.9. The Kier molecular flexibility index (Phi) is 9.40. The van der Waals surface area contributed by atoms with Crippen molar-refractivity contribution < 1.29 is 28.7 Å². The van der Waals surface area contributed by atoms with Crippen molar-refractivity contribution in [3.8, 4) is 11.5 Å². The van der Waals surface area contributed by atoms with Crippen LogP contribution in [0.1, 0.15) is 12.5 Å². The van der Waals surface area contributed by atoms with Crippen LogP contribution in [0.2, 0.25) is 0 Å². The molecule has 200 valence electrons. The van der Waals surface area contributed by atoms with Crippen molar-refractivity contribution in [3.05, 3.63) is 87.7 Å². The molecule has 0 aromatic heterocycles. The molecule has 0 unspecified atom stereocenters. The largest absolute Gasteiger partial charge is 0.494 e. The number of thioether (sulfide) groups is 1. The van der Waals surface area contributed by atoms with Crippen LogP contribution in [0.25, 0.3) is 6.08 Å². The fourth-order valence-corrected chi connectivity index (χ4v) is 4.87. The molecule has 0 radical (unpaired) electrons. The molecule has 2 N–H and O–H groups in total. The van der Waals surface area contributed by atoms with Crippen LogP contribution in [-0.2, 0) is 14.4 Å². The average Bonchev–Trinajstić information content (AvgIpc) is 3.17. The number of imide groups is 1. The zero-order valence-electron chi connectivity index (χ0n) is 20.8. The normalized spacial score (nSPS) is 13.9. The first-order chi connectivity index (χ1) is 18.8. The minimum Gasteiger partial charge on any atom is -0.494 e. The number of carbonyl (C=O) groups excluding carboxylic acids is 4. The molecule has 1 aliphatic rings. The number of para-hydroxylation sites is 1. The molecule has 1 aliphatic heterocycles. The molecule has 1 heterocycles. The maximum Gasteiger partial charge on any atom is 0.294 e. The Morgan fingerprint density at radius 3 is 2.31 bits per heavy atom. The van der Waals surface area contributed by atoms with Gasteiger partial charge in [0.05, 0.1) is 16.0 Å². The van der Waals surface area contributed by atoms with Crippen LogP contribution in [0, 0.1) is 0 Å². The number of ether oxygens (including phenoxy) is 2. The topological polar surface area (TPSA) is 114 Å². The molecular formula is C28H24BrN3O6S. The number of amides is 4. The van der Waals surface area contributed by atoms with Crippen LogP contribution in [0.4, 0.5) is 16.2 Å². The summed E-state index contributed by atoms with van der Waals surface area (Å²) in [5, 5.41) is 4.88. The summed E-state index contributed by atoms with van der Waals surface area (Å²) in [6, 6.07) is 20.9. The van der Waals surface area contributed by atoms with E-state index < -0.39 is 23.6 Å². The van der Waals surface area contributed by atoms with Crippen LogP contribution >= 0.6 is 27.7 Å². The van der Waals surface area contributed by atoms with Crippen molar-refractivity contribution in [2.24, 2.45) is 0 Å². The van der Waals surface area contributed by atoms with Gasteiger partial charge < -0.3 is 20.1 Å². The first-order valence-electron chi connectivity index (χ1n) is 11.9. The molecular weight excluding hydrogens is 586 g/mol. The highest BCUT2D eigenvalue weighted by atomic mass is 79.9. The van der Waals surface area contributed by atoms with E-state index in [9.17, 15) is 19.2 Å². The van der Waals surface area contributed by atoms with Gasteiger partial charge in [-0.15, -0.1) is 0 Å². The van der Waals surface area contributed by atoms with Gasteiger partial charge in [-0.1, -0.05) is 24.3 Å². The summed E-state index contributed by atoms with van der Waals surface area (Å²) < 4.78 is 11.5. The molecule has 4 amide bonds. The quantitative estimate of drug-likeness (QED) is 0.290. The summed E-state index contributed by atoms with van der Waals surface area (Å²) in [7, 11) is 0. The van der Waals surface area contributed by atoms with Crippen molar-refractivity contribution in [1.29, 1.82) is 0 Å².